The number of nitrogens with one attached hydrogen (secondary N) is 3. The van der Waals surface area contributed by atoms with E-state index in [9.17, 15) is 14.4 Å². The molecule has 0 radical (unpaired) electrons. The number of fused-ring (bicyclic) bond motifs is 4. The predicted octanol–water partition coefficient (Wildman–Crippen LogP) is 8.25. The van der Waals surface area contributed by atoms with Gasteiger partial charge >= 0.3 is 5.97 Å². The van der Waals surface area contributed by atoms with Crippen molar-refractivity contribution in [3.63, 3.8) is 0 Å². The normalized spacial score (nSPS) is 18.3. The quantitative estimate of drug-likeness (QED) is 0.0463. The first kappa shape index (κ1) is 42.0. The minimum atomic E-state index is -2.10. The van der Waals surface area contributed by atoms with E-state index < -0.39 is 14.0 Å². The zero-order valence-electron chi connectivity index (χ0n) is 36.5. The van der Waals surface area contributed by atoms with Gasteiger partial charge in [0.2, 0.25) is 0 Å². The van der Waals surface area contributed by atoms with Crippen molar-refractivity contribution in [2.24, 2.45) is 4.99 Å². The van der Waals surface area contributed by atoms with E-state index in [0.717, 1.165) is 28.1 Å². The maximum absolute atomic E-state index is 13.8. The zero-order chi connectivity index (χ0) is 45.0. The summed E-state index contributed by atoms with van der Waals surface area (Å²) < 4.78 is 11.4. The van der Waals surface area contributed by atoms with E-state index in [1.165, 1.54) is 28.6 Å². The first-order valence-corrected chi connectivity index (χ1v) is 24.5. The molecular weight excluding hydrogens is 817 g/mol. The molecule has 4 aromatic rings. The summed E-state index contributed by atoms with van der Waals surface area (Å²) in [4.78, 5) is 45.3. The van der Waals surface area contributed by atoms with Crippen LogP contribution in [0.5, 0.6) is 0 Å². The molecule has 7 N–H and O–H groups in total. The van der Waals surface area contributed by atoms with Crippen molar-refractivity contribution < 1.29 is 23.5 Å². The third-order valence-electron chi connectivity index (χ3n) is 13.0. The number of nitrogens with zero attached hydrogens (tertiary/aromatic N) is 1. The fourth-order valence-corrected chi connectivity index (χ4v) is 12.8. The molecule has 0 spiro atoms. The number of benzene rings is 5. The molecular formula is C52H50N6O5Si. The Balaban J connectivity index is 0.897. The van der Waals surface area contributed by atoms with E-state index >= 15 is 0 Å². The highest BCUT2D eigenvalue weighted by molar-refractivity contribution is 6.98. The maximum atomic E-state index is 13.8. The molecule has 4 aromatic carbocycles. The highest BCUT2D eigenvalue weighted by Crippen LogP contribution is 2.44. The van der Waals surface area contributed by atoms with Gasteiger partial charge in [0.15, 0.2) is 0 Å². The van der Waals surface area contributed by atoms with Gasteiger partial charge in [0.1, 0.15) is 19.4 Å². The third-order valence-corrected chi connectivity index (χ3v) is 16.6. The second-order valence-corrected chi connectivity index (χ2v) is 21.8. The lowest BCUT2D eigenvalue weighted by Crippen LogP contribution is -2.49. The van der Waals surface area contributed by atoms with Gasteiger partial charge in [-0.1, -0.05) is 37.4 Å². The molecule has 1 fully saturated rings. The van der Waals surface area contributed by atoms with Crippen LogP contribution >= 0.6 is 0 Å². The number of aryl methyl sites for hydroxylation is 1. The topological polar surface area (TPSA) is 186 Å². The number of carbonyl (C=O) groups is 3. The second kappa shape index (κ2) is 16.4. The predicted molar refractivity (Wildman–Crippen MR) is 257 cm³/mol. The molecule has 0 atom stereocenters. The highest BCUT2D eigenvalue weighted by Gasteiger charge is 2.40. The van der Waals surface area contributed by atoms with Gasteiger partial charge in [0.05, 0.1) is 23.7 Å². The van der Waals surface area contributed by atoms with E-state index in [2.05, 4.69) is 72.1 Å². The number of amides is 2. The molecule has 3 aliphatic carbocycles. The summed E-state index contributed by atoms with van der Waals surface area (Å²) in [6, 6.07) is 27.4. The van der Waals surface area contributed by atoms with Crippen LogP contribution in [0.15, 0.2) is 129 Å². The van der Waals surface area contributed by atoms with Crippen molar-refractivity contribution in [3.05, 3.63) is 159 Å². The van der Waals surface area contributed by atoms with Crippen LogP contribution in [-0.2, 0) is 4.74 Å². The first-order chi connectivity index (χ1) is 30.7. The van der Waals surface area contributed by atoms with Gasteiger partial charge < -0.3 is 36.7 Å². The number of nitrogen functional groups attached to an aromatic ring is 2. The summed E-state index contributed by atoms with van der Waals surface area (Å²) in [5.41, 5.74) is 23.9. The number of aliphatic imine (C=N–C) groups is 1. The molecule has 9 rings (SSSR count). The van der Waals surface area contributed by atoms with Crippen LogP contribution in [0.1, 0.15) is 73.4 Å². The minimum absolute atomic E-state index is 0.0446. The number of carbonyl (C=O) groups excluding carboxylic acids is 3. The monoisotopic (exact) mass is 866 g/mol. The van der Waals surface area contributed by atoms with Crippen LogP contribution in [0.2, 0.25) is 13.1 Å². The lowest BCUT2D eigenvalue weighted by atomic mass is 9.87. The van der Waals surface area contributed by atoms with E-state index in [-0.39, 0.29) is 34.8 Å². The molecule has 5 aliphatic rings. The number of anilines is 2. The third kappa shape index (κ3) is 7.53. The second-order valence-electron chi connectivity index (χ2n) is 17.5. The Morgan fingerprint density at radius 2 is 1.39 bits per heavy atom. The molecule has 12 heteroatoms. The summed E-state index contributed by atoms with van der Waals surface area (Å²) in [6.07, 6.45) is 9.24. The lowest BCUT2D eigenvalue weighted by Gasteiger charge is -2.38. The Labute approximate surface area is 372 Å². The Bertz CT molecular complexity index is 3110. The van der Waals surface area contributed by atoms with Crippen LogP contribution in [0.25, 0.3) is 39.0 Å². The van der Waals surface area contributed by atoms with Gasteiger partial charge in [-0.15, -0.1) is 0 Å². The molecule has 2 amide bonds. The molecule has 0 aromatic heterocycles. The number of methoxy groups -OCH3 is 1. The van der Waals surface area contributed by atoms with Crippen LogP contribution < -0.4 is 32.6 Å². The average Bonchev–Trinajstić information content (AvgIpc) is 3.28. The summed E-state index contributed by atoms with van der Waals surface area (Å²) in [7, 11) is 1.02. The molecule has 2 aliphatic heterocycles. The van der Waals surface area contributed by atoms with Crippen LogP contribution in [0.4, 0.5) is 11.4 Å². The molecule has 0 bridgehead atoms. The minimum Gasteiger partial charge on any atom is -0.465 e. The number of hydrogen-bond acceptors (Lipinski definition) is 9. The Morgan fingerprint density at radius 3 is 2.06 bits per heavy atom. The summed E-state index contributed by atoms with van der Waals surface area (Å²) >= 11 is 0. The van der Waals surface area contributed by atoms with E-state index in [4.69, 9.17) is 26.0 Å². The summed E-state index contributed by atoms with van der Waals surface area (Å²) in [6.45, 7) is 6.79. The smallest absolute Gasteiger partial charge is 0.338 e. The van der Waals surface area contributed by atoms with Crippen molar-refractivity contribution in [3.8, 4) is 22.5 Å². The fourth-order valence-electron chi connectivity index (χ4n) is 9.67. The molecule has 1 saturated carbocycles. The molecule has 11 nitrogen and oxygen atoms in total. The Hall–Kier alpha value is -7.31. The van der Waals surface area contributed by atoms with Gasteiger partial charge in [-0.05, 0) is 149 Å². The Kier molecular flexibility index (Phi) is 10.8. The van der Waals surface area contributed by atoms with Gasteiger partial charge in [0, 0.05) is 70.3 Å². The van der Waals surface area contributed by atoms with Gasteiger partial charge in [-0.2, -0.15) is 0 Å². The molecule has 0 unspecified atom stereocenters. The van der Waals surface area contributed by atoms with E-state index in [1.54, 1.807) is 48.5 Å². The van der Waals surface area contributed by atoms with Crippen molar-refractivity contribution in [1.82, 2.24) is 10.6 Å². The average molecular weight is 867 g/mol. The number of hydrogen-bond donors (Lipinski definition) is 5. The standard InChI is InChI=1S/C52H50N6O5Si/c1-28-22-29(6-16-37(28)48-41-20-10-33(55)26-46(41)64(4,5)47-27-36(56-2)15-21-42(47)48)50(59)57-34-11-13-35(14-12-34)58-51(60)30-7-17-38(43(23-30)52(61)62-3)49-39-18-8-31(53)24-44(39)63-45-25-32(54)9-19-40(45)49/h6-10,15-27,34-35,53H,11-14,54-55H2,1-5H3,(H,57,59)(H,58,60). The number of nitrogens with two attached hydrogens (primary N) is 2. The van der Waals surface area contributed by atoms with Crippen molar-refractivity contribution in [2.75, 3.05) is 25.6 Å². The lowest BCUT2D eigenvalue weighted by molar-refractivity contribution is 0.0601. The van der Waals surface area contributed by atoms with E-state index in [0.29, 0.717) is 75.9 Å². The van der Waals surface area contributed by atoms with Crippen molar-refractivity contribution in [2.45, 2.75) is 57.8 Å². The number of esters is 1. The fraction of sp³-hybridized carbons (Fsp3) is 0.212. The van der Waals surface area contributed by atoms with Crippen LogP contribution in [0.3, 0.4) is 0 Å². The van der Waals surface area contributed by atoms with Gasteiger partial charge in [0.25, 0.3) is 11.8 Å². The van der Waals surface area contributed by atoms with Crippen molar-refractivity contribution >= 4 is 64.7 Å². The SMILES string of the molecule is CN=C1C=CC2=C(c3ccc(C(=O)NC4CCC(NC(=O)c5ccc(-c6c7ccc(=N)cc-7oc7cc(N)ccc67)c(C(=O)OC)c5)CC4)cc3C)c3ccc(N)cc3[Si](C)(C)C2=C1. The van der Waals surface area contributed by atoms with Crippen molar-refractivity contribution in [1.29, 1.82) is 5.41 Å². The highest BCUT2D eigenvalue weighted by atomic mass is 28.3. The van der Waals surface area contributed by atoms with Crippen LogP contribution in [-0.4, -0.2) is 57.8 Å². The number of rotatable bonds is 7. The molecule has 322 valence electrons. The maximum Gasteiger partial charge on any atom is 0.338 e. The number of ether oxygens (including phenoxy) is 1. The van der Waals surface area contributed by atoms with Crippen LogP contribution in [0, 0.1) is 12.3 Å². The summed E-state index contributed by atoms with van der Waals surface area (Å²) in [5, 5.41) is 18.2. The molecule has 2 heterocycles. The zero-order valence-corrected chi connectivity index (χ0v) is 37.5. The first-order valence-electron chi connectivity index (χ1n) is 21.5. The molecule has 0 saturated heterocycles. The Morgan fingerprint density at radius 1 is 0.766 bits per heavy atom. The number of allylic oxidation sites excluding steroid dienone is 5. The van der Waals surface area contributed by atoms with Gasteiger partial charge in [-0.3, -0.25) is 14.6 Å². The molecule has 64 heavy (non-hydrogen) atoms. The van der Waals surface area contributed by atoms with E-state index in [1.807, 2.05) is 31.3 Å². The summed E-state index contributed by atoms with van der Waals surface area (Å²) in [5.74, 6) is -0.564. The largest absolute Gasteiger partial charge is 0.465 e. The van der Waals surface area contributed by atoms with Gasteiger partial charge in [-0.25, -0.2) is 4.79 Å².